The number of carbonyl (C=O) groups is 2. The highest BCUT2D eigenvalue weighted by Crippen LogP contribution is 2.27. The second-order valence-electron chi connectivity index (χ2n) is 9.35. The summed E-state index contributed by atoms with van der Waals surface area (Å²) in [6.45, 7) is 13.4. The van der Waals surface area contributed by atoms with Crippen LogP contribution in [0.4, 0.5) is 0 Å². The SMILES string of the molecule is CCCCC(CC)COC(=O)C1=C(C(=O)OCC(CC)CCCC)C=CC(C)(C)C=C1. The Labute approximate surface area is 190 Å². The average molecular weight is 433 g/mol. The van der Waals surface area contributed by atoms with E-state index in [1.165, 1.54) is 0 Å². The number of allylic oxidation sites excluding steroid dienone is 2. The number of carbonyl (C=O) groups excluding carboxylic acids is 2. The Bertz CT molecular complexity index is 600. The number of esters is 2. The highest BCUT2D eigenvalue weighted by Gasteiger charge is 2.25. The number of hydrogen-bond acceptors (Lipinski definition) is 4. The molecule has 0 aromatic rings. The molecule has 1 aliphatic rings. The van der Waals surface area contributed by atoms with Crippen LogP contribution in [0.2, 0.25) is 0 Å². The minimum Gasteiger partial charge on any atom is -0.462 e. The van der Waals surface area contributed by atoms with Crippen LogP contribution in [0.1, 0.15) is 92.9 Å². The summed E-state index contributed by atoms with van der Waals surface area (Å²) in [5.74, 6) is -0.187. The van der Waals surface area contributed by atoms with E-state index in [0.717, 1.165) is 51.4 Å². The van der Waals surface area contributed by atoms with Crippen molar-refractivity contribution in [2.45, 2.75) is 92.9 Å². The first kappa shape index (κ1) is 27.2. The van der Waals surface area contributed by atoms with E-state index in [0.29, 0.717) is 36.2 Å². The quantitative estimate of drug-likeness (QED) is 0.279. The highest BCUT2D eigenvalue weighted by molar-refractivity contribution is 6.04. The first-order chi connectivity index (χ1) is 14.8. The topological polar surface area (TPSA) is 52.6 Å². The molecule has 0 saturated heterocycles. The van der Waals surface area contributed by atoms with Crippen molar-refractivity contribution >= 4 is 11.9 Å². The third-order valence-corrected chi connectivity index (χ3v) is 6.08. The molecule has 0 N–H and O–H groups in total. The summed E-state index contributed by atoms with van der Waals surface area (Å²) in [5, 5.41) is 0. The van der Waals surface area contributed by atoms with Gasteiger partial charge in [0.15, 0.2) is 0 Å². The molecule has 0 aromatic carbocycles. The van der Waals surface area contributed by atoms with Crippen LogP contribution in [0.25, 0.3) is 0 Å². The molecule has 0 bridgehead atoms. The Balaban J connectivity index is 2.96. The molecule has 4 heteroatoms. The van der Waals surface area contributed by atoms with Gasteiger partial charge in [-0.25, -0.2) is 9.59 Å². The summed E-state index contributed by atoms with van der Waals surface area (Å²) in [6.07, 6.45) is 15.9. The van der Waals surface area contributed by atoms with Crippen molar-refractivity contribution in [3.05, 3.63) is 35.5 Å². The van der Waals surface area contributed by atoms with E-state index in [9.17, 15) is 9.59 Å². The predicted molar refractivity (Wildman–Crippen MR) is 128 cm³/mol. The summed E-state index contributed by atoms with van der Waals surface area (Å²) in [6, 6.07) is 0. The van der Waals surface area contributed by atoms with Gasteiger partial charge in [-0.15, -0.1) is 0 Å². The van der Waals surface area contributed by atoms with Crippen molar-refractivity contribution in [2.75, 3.05) is 13.2 Å². The molecule has 0 spiro atoms. The fourth-order valence-electron chi connectivity index (χ4n) is 3.53. The van der Waals surface area contributed by atoms with Gasteiger partial charge in [0, 0.05) is 5.41 Å². The third kappa shape index (κ3) is 9.88. The lowest BCUT2D eigenvalue weighted by Gasteiger charge is -2.17. The number of unbranched alkanes of at least 4 members (excludes halogenated alkanes) is 2. The van der Waals surface area contributed by atoms with Crippen LogP contribution in [0, 0.1) is 17.3 Å². The lowest BCUT2D eigenvalue weighted by atomic mass is 9.93. The summed E-state index contributed by atoms with van der Waals surface area (Å²) in [4.78, 5) is 25.9. The highest BCUT2D eigenvalue weighted by atomic mass is 16.5. The largest absolute Gasteiger partial charge is 0.462 e. The first-order valence-electron chi connectivity index (χ1n) is 12.2. The fraction of sp³-hybridized carbons (Fsp3) is 0.704. The van der Waals surface area contributed by atoms with Crippen LogP contribution in [-0.2, 0) is 19.1 Å². The molecular weight excluding hydrogens is 388 g/mol. The molecule has 0 radical (unpaired) electrons. The molecule has 0 heterocycles. The molecule has 0 amide bonds. The van der Waals surface area contributed by atoms with Crippen molar-refractivity contribution in [2.24, 2.45) is 17.3 Å². The number of ether oxygens (including phenoxy) is 2. The molecule has 2 atom stereocenters. The molecular formula is C27H44O4. The lowest BCUT2D eigenvalue weighted by molar-refractivity contribution is -0.143. The lowest BCUT2D eigenvalue weighted by Crippen LogP contribution is -2.19. The van der Waals surface area contributed by atoms with Crippen LogP contribution in [0.3, 0.4) is 0 Å². The Hall–Kier alpha value is -1.84. The van der Waals surface area contributed by atoms with E-state index in [4.69, 9.17) is 9.47 Å². The second-order valence-corrected chi connectivity index (χ2v) is 9.35. The molecule has 0 aromatic heterocycles. The monoisotopic (exact) mass is 432 g/mol. The van der Waals surface area contributed by atoms with Crippen molar-refractivity contribution in [1.29, 1.82) is 0 Å². The van der Waals surface area contributed by atoms with Gasteiger partial charge in [-0.1, -0.05) is 92.2 Å². The first-order valence-corrected chi connectivity index (χ1v) is 12.2. The van der Waals surface area contributed by atoms with Crippen LogP contribution in [0.5, 0.6) is 0 Å². The normalized spacial score (nSPS) is 17.2. The third-order valence-electron chi connectivity index (χ3n) is 6.08. The minimum atomic E-state index is -0.446. The second kappa shape index (κ2) is 14.3. The molecule has 0 saturated carbocycles. The van der Waals surface area contributed by atoms with Gasteiger partial charge < -0.3 is 9.47 Å². The maximum Gasteiger partial charge on any atom is 0.339 e. The van der Waals surface area contributed by atoms with E-state index in [1.54, 1.807) is 12.2 Å². The predicted octanol–water partition coefficient (Wildman–Crippen LogP) is 6.95. The molecule has 1 rings (SSSR count). The van der Waals surface area contributed by atoms with Crippen molar-refractivity contribution in [3.63, 3.8) is 0 Å². The van der Waals surface area contributed by atoms with Crippen LogP contribution in [0.15, 0.2) is 35.5 Å². The van der Waals surface area contributed by atoms with Gasteiger partial charge in [0.2, 0.25) is 0 Å². The summed E-state index contributed by atoms with van der Waals surface area (Å²) in [5.41, 5.74) is 0.325. The molecule has 1 aliphatic carbocycles. The summed E-state index contributed by atoms with van der Waals surface area (Å²) >= 11 is 0. The van der Waals surface area contributed by atoms with E-state index in [1.807, 2.05) is 26.0 Å². The molecule has 176 valence electrons. The van der Waals surface area contributed by atoms with Crippen molar-refractivity contribution in [3.8, 4) is 0 Å². The summed E-state index contributed by atoms with van der Waals surface area (Å²) in [7, 11) is 0. The van der Waals surface area contributed by atoms with Gasteiger partial charge in [-0.3, -0.25) is 0 Å². The van der Waals surface area contributed by atoms with E-state index in [-0.39, 0.29) is 5.41 Å². The smallest absolute Gasteiger partial charge is 0.339 e. The zero-order valence-corrected chi connectivity index (χ0v) is 20.7. The maximum atomic E-state index is 12.9. The summed E-state index contributed by atoms with van der Waals surface area (Å²) < 4.78 is 11.3. The molecule has 4 nitrogen and oxygen atoms in total. The Morgan fingerprint density at radius 3 is 1.48 bits per heavy atom. The van der Waals surface area contributed by atoms with Crippen molar-refractivity contribution < 1.29 is 19.1 Å². The zero-order chi connectivity index (χ0) is 23.3. The molecule has 0 fully saturated rings. The maximum absolute atomic E-state index is 12.9. The van der Waals surface area contributed by atoms with Gasteiger partial charge in [0.25, 0.3) is 0 Å². The van der Waals surface area contributed by atoms with Gasteiger partial charge in [-0.2, -0.15) is 0 Å². The van der Waals surface area contributed by atoms with E-state index < -0.39 is 11.9 Å². The number of hydrogen-bond donors (Lipinski definition) is 0. The van der Waals surface area contributed by atoms with E-state index in [2.05, 4.69) is 27.7 Å². The van der Waals surface area contributed by atoms with Gasteiger partial charge in [0.1, 0.15) is 0 Å². The Morgan fingerprint density at radius 1 is 0.774 bits per heavy atom. The van der Waals surface area contributed by atoms with E-state index >= 15 is 0 Å². The van der Waals surface area contributed by atoms with Gasteiger partial charge in [-0.05, 0) is 36.8 Å². The molecule has 31 heavy (non-hydrogen) atoms. The number of rotatable bonds is 14. The Morgan fingerprint density at radius 2 is 1.16 bits per heavy atom. The zero-order valence-electron chi connectivity index (χ0n) is 20.7. The standard InChI is InChI=1S/C27H44O4/c1-7-11-13-21(9-3)19-30-25(28)23-15-17-27(5,6)18-16-24(23)26(29)31-20-22(10-4)14-12-8-2/h15-18,21-22H,7-14,19-20H2,1-6H3. The van der Waals surface area contributed by atoms with Crippen LogP contribution < -0.4 is 0 Å². The molecule has 0 aliphatic heterocycles. The fourth-order valence-corrected chi connectivity index (χ4v) is 3.53. The van der Waals surface area contributed by atoms with Gasteiger partial charge >= 0.3 is 11.9 Å². The minimum absolute atomic E-state index is 0.256. The van der Waals surface area contributed by atoms with Crippen LogP contribution in [-0.4, -0.2) is 25.2 Å². The Kier molecular flexibility index (Phi) is 12.5. The average Bonchev–Trinajstić information content (AvgIpc) is 2.91. The van der Waals surface area contributed by atoms with Gasteiger partial charge in [0.05, 0.1) is 24.4 Å². The van der Waals surface area contributed by atoms with Crippen LogP contribution >= 0.6 is 0 Å². The van der Waals surface area contributed by atoms with Crippen molar-refractivity contribution in [1.82, 2.24) is 0 Å². The molecule has 2 unspecified atom stereocenters.